The standard InChI is InChI=1S/C25H30FN3O/c1-18-14-28-23(29(18)15-19-2-3-19)25(30-16-20-4-5-20)12-10-24(17-27,11-13-25)21-6-8-22(26)9-7-21/h6-9,14,19-20H,2-5,10-13,15-16H2,1H3. The minimum atomic E-state index is -0.580. The van der Waals surface area contributed by atoms with Gasteiger partial charge < -0.3 is 9.30 Å². The van der Waals surface area contributed by atoms with Gasteiger partial charge in [-0.25, -0.2) is 9.37 Å². The molecule has 30 heavy (non-hydrogen) atoms. The van der Waals surface area contributed by atoms with Crippen molar-refractivity contribution < 1.29 is 9.13 Å². The first kappa shape index (κ1) is 19.8. The van der Waals surface area contributed by atoms with Crippen LogP contribution in [0.1, 0.15) is 68.4 Å². The van der Waals surface area contributed by atoms with Gasteiger partial charge in [0.15, 0.2) is 0 Å². The molecule has 0 saturated heterocycles. The predicted octanol–water partition coefficient (Wildman–Crippen LogP) is 5.40. The minimum Gasteiger partial charge on any atom is -0.367 e. The zero-order chi connectivity index (χ0) is 20.8. The molecule has 3 saturated carbocycles. The number of halogens is 1. The Balaban J connectivity index is 1.44. The van der Waals surface area contributed by atoms with Gasteiger partial charge in [0.1, 0.15) is 17.2 Å². The highest BCUT2D eigenvalue weighted by Gasteiger charge is 2.49. The van der Waals surface area contributed by atoms with Gasteiger partial charge >= 0.3 is 0 Å². The molecule has 1 aromatic heterocycles. The van der Waals surface area contributed by atoms with Crippen LogP contribution in [-0.2, 0) is 22.3 Å². The Bertz CT molecular complexity index is 942. The van der Waals surface area contributed by atoms with Crippen LogP contribution in [0.3, 0.4) is 0 Å². The molecule has 0 radical (unpaired) electrons. The van der Waals surface area contributed by atoms with Gasteiger partial charge in [-0.1, -0.05) is 12.1 Å². The number of hydrogen-bond acceptors (Lipinski definition) is 3. The van der Waals surface area contributed by atoms with Gasteiger partial charge in [0.25, 0.3) is 0 Å². The number of hydrogen-bond donors (Lipinski definition) is 0. The highest BCUT2D eigenvalue weighted by atomic mass is 19.1. The molecule has 2 aromatic rings. The second-order valence-electron chi connectivity index (χ2n) is 9.73. The van der Waals surface area contributed by atoms with Crippen molar-refractivity contribution in [2.24, 2.45) is 11.8 Å². The van der Waals surface area contributed by atoms with E-state index in [-0.39, 0.29) is 5.82 Å². The largest absolute Gasteiger partial charge is 0.367 e. The quantitative estimate of drug-likeness (QED) is 0.618. The lowest BCUT2D eigenvalue weighted by atomic mass is 9.65. The average molecular weight is 408 g/mol. The van der Waals surface area contributed by atoms with E-state index in [0.717, 1.165) is 43.3 Å². The minimum absolute atomic E-state index is 0.262. The first-order chi connectivity index (χ1) is 14.5. The first-order valence-electron chi connectivity index (χ1n) is 11.4. The zero-order valence-corrected chi connectivity index (χ0v) is 17.7. The summed E-state index contributed by atoms with van der Waals surface area (Å²) in [4.78, 5) is 4.85. The van der Waals surface area contributed by atoms with Crippen LogP contribution in [0.4, 0.5) is 4.39 Å². The normalized spacial score (nSPS) is 29.0. The van der Waals surface area contributed by atoms with Crippen LogP contribution in [0.15, 0.2) is 30.5 Å². The van der Waals surface area contributed by atoms with Gasteiger partial charge in [-0.15, -0.1) is 0 Å². The van der Waals surface area contributed by atoms with Crippen LogP contribution < -0.4 is 0 Å². The van der Waals surface area contributed by atoms with E-state index in [1.54, 1.807) is 12.1 Å². The maximum atomic E-state index is 13.5. The molecule has 0 N–H and O–H groups in total. The fraction of sp³-hybridized carbons (Fsp3) is 0.600. The Morgan fingerprint density at radius 2 is 1.77 bits per heavy atom. The Kier molecular flexibility index (Phi) is 4.94. The van der Waals surface area contributed by atoms with Crippen molar-refractivity contribution in [3.8, 4) is 6.07 Å². The molecule has 0 atom stereocenters. The SMILES string of the molecule is Cc1cnc(C2(OCC3CC3)CCC(C#N)(c3ccc(F)cc3)CC2)n1CC1CC1. The monoisotopic (exact) mass is 407 g/mol. The Hall–Kier alpha value is -2.19. The molecule has 0 bridgehead atoms. The van der Waals surface area contributed by atoms with Crippen molar-refractivity contribution >= 4 is 0 Å². The van der Waals surface area contributed by atoms with E-state index in [4.69, 9.17) is 9.72 Å². The van der Waals surface area contributed by atoms with Crippen LogP contribution in [-0.4, -0.2) is 16.2 Å². The van der Waals surface area contributed by atoms with Gasteiger partial charge in [-0.2, -0.15) is 5.26 Å². The van der Waals surface area contributed by atoms with E-state index in [2.05, 4.69) is 17.6 Å². The lowest BCUT2D eigenvalue weighted by molar-refractivity contribution is -0.0960. The van der Waals surface area contributed by atoms with E-state index in [1.165, 1.54) is 43.5 Å². The lowest BCUT2D eigenvalue weighted by Crippen LogP contribution is -2.43. The Labute approximate surface area is 178 Å². The third-order valence-electron chi connectivity index (χ3n) is 7.41. The molecule has 4 nitrogen and oxygen atoms in total. The molecule has 0 spiro atoms. The maximum absolute atomic E-state index is 13.5. The van der Waals surface area contributed by atoms with Crippen molar-refractivity contribution in [1.29, 1.82) is 5.26 Å². The van der Waals surface area contributed by atoms with Gasteiger partial charge in [0, 0.05) is 18.4 Å². The molecule has 0 unspecified atom stereocenters. The molecule has 3 aliphatic rings. The number of nitriles is 1. The fourth-order valence-electron chi connectivity index (χ4n) is 4.92. The van der Waals surface area contributed by atoms with Crippen molar-refractivity contribution in [3.05, 3.63) is 53.4 Å². The summed E-state index contributed by atoms with van der Waals surface area (Å²) in [6, 6.07) is 9.05. The molecule has 5 heteroatoms. The van der Waals surface area contributed by atoms with Crippen molar-refractivity contribution in [1.82, 2.24) is 9.55 Å². The third-order valence-corrected chi connectivity index (χ3v) is 7.41. The Morgan fingerprint density at radius 1 is 1.10 bits per heavy atom. The highest BCUT2D eigenvalue weighted by Crippen LogP contribution is 2.50. The summed E-state index contributed by atoms with van der Waals surface area (Å²) in [6.45, 7) is 3.94. The number of nitrogens with zero attached hydrogens (tertiary/aromatic N) is 3. The molecule has 3 aliphatic carbocycles. The van der Waals surface area contributed by atoms with E-state index >= 15 is 0 Å². The number of benzene rings is 1. The molecular weight excluding hydrogens is 377 g/mol. The van der Waals surface area contributed by atoms with E-state index in [0.29, 0.717) is 18.8 Å². The molecule has 1 heterocycles. The number of imidazole rings is 1. The van der Waals surface area contributed by atoms with Gasteiger partial charge in [0.2, 0.25) is 0 Å². The number of rotatable bonds is 7. The zero-order valence-electron chi connectivity index (χ0n) is 17.7. The number of aromatic nitrogens is 2. The van der Waals surface area contributed by atoms with Crippen LogP contribution in [0.25, 0.3) is 0 Å². The summed E-state index contributed by atoms with van der Waals surface area (Å²) in [6.07, 6.45) is 10.0. The van der Waals surface area contributed by atoms with Crippen molar-refractivity contribution in [3.63, 3.8) is 0 Å². The summed E-state index contributed by atoms with van der Waals surface area (Å²) in [5.41, 5.74) is 1.11. The van der Waals surface area contributed by atoms with Crippen molar-refractivity contribution in [2.75, 3.05) is 6.61 Å². The van der Waals surface area contributed by atoms with Gasteiger partial charge in [0.05, 0.1) is 18.1 Å². The van der Waals surface area contributed by atoms with E-state index in [9.17, 15) is 9.65 Å². The second kappa shape index (κ2) is 7.50. The van der Waals surface area contributed by atoms with Crippen LogP contribution >= 0.6 is 0 Å². The molecule has 0 aliphatic heterocycles. The second-order valence-corrected chi connectivity index (χ2v) is 9.73. The highest BCUT2D eigenvalue weighted by molar-refractivity contribution is 5.34. The molecule has 5 rings (SSSR count). The summed E-state index contributed by atoms with van der Waals surface area (Å²) in [5, 5.41) is 10.1. The molecule has 158 valence electrons. The molecule has 1 aromatic carbocycles. The molecule has 0 amide bonds. The summed E-state index contributed by atoms with van der Waals surface area (Å²) >= 11 is 0. The van der Waals surface area contributed by atoms with Crippen molar-refractivity contribution in [2.45, 2.75) is 75.9 Å². The summed E-state index contributed by atoms with van der Waals surface area (Å²) in [7, 11) is 0. The fourth-order valence-corrected chi connectivity index (χ4v) is 4.92. The van der Waals surface area contributed by atoms with E-state index < -0.39 is 11.0 Å². The number of aryl methyl sites for hydroxylation is 1. The van der Waals surface area contributed by atoms with Crippen LogP contribution in [0.2, 0.25) is 0 Å². The topological polar surface area (TPSA) is 50.8 Å². The van der Waals surface area contributed by atoms with Crippen LogP contribution in [0.5, 0.6) is 0 Å². The maximum Gasteiger partial charge on any atom is 0.141 e. The third kappa shape index (κ3) is 3.67. The molecule has 3 fully saturated rings. The van der Waals surface area contributed by atoms with E-state index in [1.807, 2.05) is 6.20 Å². The van der Waals surface area contributed by atoms with Gasteiger partial charge in [-0.05, 0) is 87.8 Å². The number of ether oxygens (including phenoxy) is 1. The Morgan fingerprint density at radius 3 is 2.37 bits per heavy atom. The van der Waals surface area contributed by atoms with Crippen LogP contribution in [0, 0.1) is 35.9 Å². The average Bonchev–Trinajstić information content (AvgIpc) is 3.68. The smallest absolute Gasteiger partial charge is 0.141 e. The van der Waals surface area contributed by atoms with Gasteiger partial charge in [-0.3, -0.25) is 0 Å². The summed E-state index contributed by atoms with van der Waals surface area (Å²) in [5.74, 6) is 2.23. The molecular formula is C25H30FN3O. The first-order valence-corrected chi connectivity index (χ1v) is 11.4. The predicted molar refractivity (Wildman–Crippen MR) is 112 cm³/mol. The lowest BCUT2D eigenvalue weighted by Gasteiger charge is -2.43. The summed E-state index contributed by atoms with van der Waals surface area (Å²) < 4.78 is 22.5.